The number of nitrogens with one attached hydrogen (secondary N) is 1. The van der Waals surface area contributed by atoms with Crippen LogP contribution in [0.3, 0.4) is 0 Å². The van der Waals surface area contributed by atoms with Crippen LogP contribution in [-0.2, 0) is 10.2 Å². The molecule has 1 fully saturated rings. The third kappa shape index (κ3) is 3.34. The number of amides is 1. The molecule has 1 saturated carbocycles. The number of benzene rings is 2. The lowest BCUT2D eigenvalue weighted by Crippen LogP contribution is -2.38. The van der Waals surface area contributed by atoms with Crippen molar-refractivity contribution in [2.45, 2.75) is 31.1 Å². The van der Waals surface area contributed by atoms with E-state index in [2.05, 4.69) is 5.32 Å². The van der Waals surface area contributed by atoms with Gasteiger partial charge in [-0.2, -0.15) is 0 Å². The second kappa shape index (κ2) is 7.68. The minimum Gasteiger partial charge on any atom is -0.497 e. The molecule has 2 aromatic carbocycles. The molecule has 26 heavy (non-hydrogen) atoms. The fourth-order valence-corrected chi connectivity index (χ4v) is 3.71. The Morgan fingerprint density at radius 3 is 2.31 bits per heavy atom. The molecule has 2 aromatic rings. The van der Waals surface area contributed by atoms with Gasteiger partial charge in [0.1, 0.15) is 5.75 Å². The Hall–Kier alpha value is -2.69. The lowest BCUT2D eigenvalue weighted by molar-refractivity contribution is -0.121. The van der Waals surface area contributed by atoms with Gasteiger partial charge in [0.15, 0.2) is 11.5 Å². The number of carbonyl (C=O) groups is 1. The maximum absolute atomic E-state index is 13.3. The van der Waals surface area contributed by atoms with E-state index in [-0.39, 0.29) is 5.91 Å². The van der Waals surface area contributed by atoms with Crippen molar-refractivity contribution < 1.29 is 19.0 Å². The van der Waals surface area contributed by atoms with Gasteiger partial charge in [0.2, 0.25) is 5.91 Å². The Labute approximate surface area is 154 Å². The highest BCUT2D eigenvalue weighted by molar-refractivity contribution is 5.99. The number of carbonyl (C=O) groups excluding carboxylic acids is 1. The van der Waals surface area contributed by atoms with Crippen molar-refractivity contribution in [3.8, 4) is 17.2 Å². The molecule has 1 amide bonds. The first-order valence-electron chi connectivity index (χ1n) is 8.81. The average Bonchev–Trinajstić information content (AvgIpc) is 3.18. The first-order valence-corrected chi connectivity index (χ1v) is 8.81. The molecule has 0 spiro atoms. The summed E-state index contributed by atoms with van der Waals surface area (Å²) in [4.78, 5) is 13.3. The Morgan fingerprint density at radius 2 is 1.65 bits per heavy atom. The lowest BCUT2D eigenvalue weighted by Gasteiger charge is -2.29. The van der Waals surface area contributed by atoms with E-state index in [9.17, 15) is 4.79 Å². The SMILES string of the molecule is COc1cccc(NC(=O)C2(c3ccc(OC)c(OC)c3)CCCC2)c1. The molecule has 0 saturated heterocycles. The molecule has 138 valence electrons. The third-order valence-corrected chi connectivity index (χ3v) is 5.16. The Balaban J connectivity index is 1.93. The lowest BCUT2D eigenvalue weighted by atomic mass is 9.77. The third-order valence-electron chi connectivity index (χ3n) is 5.16. The topological polar surface area (TPSA) is 56.8 Å². The van der Waals surface area contributed by atoms with Crippen molar-refractivity contribution in [3.05, 3.63) is 48.0 Å². The summed E-state index contributed by atoms with van der Waals surface area (Å²) in [7, 11) is 4.83. The van der Waals surface area contributed by atoms with Crippen LogP contribution in [0.2, 0.25) is 0 Å². The predicted molar refractivity (Wildman–Crippen MR) is 101 cm³/mol. The minimum atomic E-state index is -0.553. The fraction of sp³-hybridized carbons (Fsp3) is 0.381. The number of hydrogen-bond donors (Lipinski definition) is 1. The molecule has 1 aliphatic carbocycles. The van der Waals surface area contributed by atoms with Crippen LogP contribution in [-0.4, -0.2) is 27.2 Å². The predicted octanol–water partition coefficient (Wildman–Crippen LogP) is 4.16. The second-order valence-corrected chi connectivity index (χ2v) is 6.55. The molecule has 0 heterocycles. The molecule has 5 heteroatoms. The molecule has 3 rings (SSSR count). The van der Waals surface area contributed by atoms with E-state index < -0.39 is 5.41 Å². The van der Waals surface area contributed by atoms with Crippen molar-refractivity contribution in [2.75, 3.05) is 26.6 Å². The molecule has 0 aliphatic heterocycles. The summed E-state index contributed by atoms with van der Waals surface area (Å²) in [5.74, 6) is 2.04. The molecule has 0 atom stereocenters. The summed E-state index contributed by atoms with van der Waals surface area (Å²) in [6.07, 6.45) is 3.69. The normalized spacial score (nSPS) is 15.3. The highest BCUT2D eigenvalue weighted by Gasteiger charge is 2.43. The van der Waals surface area contributed by atoms with E-state index in [1.165, 1.54) is 0 Å². The van der Waals surface area contributed by atoms with Crippen LogP contribution in [0.15, 0.2) is 42.5 Å². The van der Waals surface area contributed by atoms with Crippen molar-refractivity contribution in [2.24, 2.45) is 0 Å². The number of hydrogen-bond acceptors (Lipinski definition) is 4. The zero-order chi connectivity index (χ0) is 18.6. The molecule has 0 radical (unpaired) electrons. The van der Waals surface area contributed by atoms with Gasteiger partial charge in [0, 0.05) is 11.8 Å². The first-order chi connectivity index (χ1) is 12.6. The number of ether oxygens (including phenoxy) is 3. The van der Waals surface area contributed by atoms with Crippen molar-refractivity contribution >= 4 is 11.6 Å². The van der Waals surface area contributed by atoms with Crippen LogP contribution in [0.5, 0.6) is 17.2 Å². The molecular formula is C21H25NO4. The Kier molecular flexibility index (Phi) is 5.35. The number of anilines is 1. The Bertz CT molecular complexity index is 781. The highest BCUT2D eigenvalue weighted by Crippen LogP contribution is 2.44. The van der Waals surface area contributed by atoms with Gasteiger partial charge in [-0.05, 0) is 42.7 Å². The van der Waals surface area contributed by atoms with Gasteiger partial charge in [-0.1, -0.05) is 25.0 Å². The van der Waals surface area contributed by atoms with Gasteiger partial charge >= 0.3 is 0 Å². The molecule has 1 N–H and O–H groups in total. The summed E-state index contributed by atoms with van der Waals surface area (Å²) in [5, 5.41) is 3.07. The first kappa shape index (κ1) is 18.1. The summed E-state index contributed by atoms with van der Waals surface area (Å²) in [6.45, 7) is 0. The van der Waals surface area contributed by atoms with Crippen molar-refractivity contribution in [1.82, 2.24) is 0 Å². The van der Waals surface area contributed by atoms with Crippen LogP contribution in [0.1, 0.15) is 31.2 Å². The van der Waals surface area contributed by atoms with Gasteiger partial charge in [-0.3, -0.25) is 4.79 Å². The maximum atomic E-state index is 13.3. The van der Waals surface area contributed by atoms with E-state index >= 15 is 0 Å². The maximum Gasteiger partial charge on any atom is 0.235 e. The summed E-state index contributed by atoms with van der Waals surface area (Å²) in [5.41, 5.74) is 1.15. The monoisotopic (exact) mass is 355 g/mol. The van der Waals surface area contributed by atoms with Crippen LogP contribution in [0.4, 0.5) is 5.69 Å². The summed E-state index contributed by atoms with van der Waals surface area (Å²) >= 11 is 0. The van der Waals surface area contributed by atoms with Gasteiger partial charge < -0.3 is 19.5 Å². The molecule has 0 bridgehead atoms. The average molecular weight is 355 g/mol. The number of rotatable bonds is 6. The summed E-state index contributed by atoms with van der Waals surface area (Å²) < 4.78 is 16.0. The standard InChI is InChI=1S/C21H25NO4/c1-24-17-8-6-7-16(14-17)22-20(23)21(11-4-5-12-21)15-9-10-18(25-2)19(13-15)26-3/h6-10,13-14H,4-5,11-12H2,1-3H3,(H,22,23). The highest BCUT2D eigenvalue weighted by atomic mass is 16.5. The van der Waals surface area contributed by atoms with E-state index in [1.807, 2.05) is 42.5 Å². The minimum absolute atomic E-state index is 0.00970. The molecule has 0 unspecified atom stereocenters. The van der Waals surface area contributed by atoms with E-state index in [0.29, 0.717) is 11.5 Å². The van der Waals surface area contributed by atoms with Gasteiger partial charge in [0.25, 0.3) is 0 Å². The van der Waals surface area contributed by atoms with E-state index in [0.717, 1.165) is 42.7 Å². The van der Waals surface area contributed by atoms with E-state index in [1.54, 1.807) is 21.3 Å². The van der Waals surface area contributed by atoms with Crippen molar-refractivity contribution in [3.63, 3.8) is 0 Å². The van der Waals surface area contributed by atoms with Crippen LogP contribution in [0.25, 0.3) is 0 Å². The van der Waals surface area contributed by atoms with Crippen molar-refractivity contribution in [1.29, 1.82) is 0 Å². The number of methoxy groups -OCH3 is 3. The zero-order valence-corrected chi connectivity index (χ0v) is 15.5. The van der Waals surface area contributed by atoms with Gasteiger partial charge in [-0.15, -0.1) is 0 Å². The molecule has 1 aliphatic rings. The molecular weight excluding hydrogens is 330 g/mol. The van der Waals surface area contributed by atoms with Crippen LogP contribution in [0, 0.1) is 0 Å². The molecule has 5 nitrogen and oxygen atoms in total. The molecule has 0 aromatic heterocycles. The van der Waals surface area contributed by atoms with Crippen LogP contribution >= 0.6 is 0 Å². The van der Waals surface area contributed by atoms with Crippen LogP contribution < -0.4 is 19.5 Å². The summed E-state index contributed by atoms with van der Waals surface area (Å²) in [6, 6.07) is 13.2. The smallest absolute Gasteiger partial charge is 0.235 e. The quantitative estimate of drug-likeness (QED) is 0.845. The van der Waals surface area contributed by atoms with Gasteiger partial charge in [-0.25, -0.2) is 0 Å². The Morgan fingerprint density at radius 1 is 0.923 bits per heavy atom. The van der Waals surface area contributed by atoms with Gasteiger partial charge in [0.05, 0.1) is 26.7 Å². The van der Waals surface area contributed by atoms with E-state index in [4.69, 9.17) is 14.2 Å². The fourth-order valence-electron chi connectivity index (χ4n) is 3.71. The largest absolute Gasteiger partial charge is 0.497 e. The zero-order valence-electron chi connectivity index (χ0n) is 15.5. The second-order valence-electron chi connectivity index (χ2n) is 6.55.